The third-order valence-corrected chi connectivity index (χ3v) is 3.67. The second-order valence-corrected chi connectivity index (χ2v) is 4.90. The van der Waals surface area contributed by atoms with E-state index in [-0.39, 0.29) is 6.10 Å². The maximum atomic E-state index is 10.3. The summed E-state index contributed by atoms with van der Waals surface area (Å²) < 4.78 is 5.40. The van der Waals surface area contributed by atoms with Crippen molar-refractivity contribution in [1.29, 1.82) is 0 Å². The summed E-state index contributed by atoms with van der Waals surface area (Å²) >= 11 is 0. The highest BCUT2D eigenvalue weighted by molar-refractivity contribution is 5.25. The first-order valence-electron chi connectivity index (χ1n) is 6.21. The Morgan fingerprint density at radius 1 is 1.47 bits per heavy atom. The summed E-state index contributed by atoms with van der Waals surface area (Å²) in [4.78, 5) is 0. The first-order chi connectivity index (χ1) is 8.12. The molecule has 1 aliphatic heterocycles. The third-order valence-electron chi connectivity index (χ3n) is 3.67. The highest BCUT2D eigenvalue weighted by atomic mass is 16.5. The van der Waals surface area contributed by atoms with E-state index in [0.29, 0.717) is 13.2 Å². The van der Waals surface area contributed by atoms with E-state index in [9.17, 15) is 5.11 Å². The number of aryl methyl sites for hydroxylation is 1. The Hall–Kier alpha value is -0.900. The molecule has 0 saturated carbocycles. The highest BCUT2D eigenvalue weighted by Crippen LogP contribution is 2.24. The third kappa shape index (κ3) is 2.86. The molecule has 2 rings (SSSR count). The lowest BCUT2D eigenvalue weighted by Gasteiger charge is -2.26. The maximum absolute atomic E-state index is 10.3. The Bertz CT molecular complexity index is 380. The minimum absolute atomic E-state index is 0.0770. The van der Waals surface area contributed by atoms with Gasteiger partial charge in [-0.1, -0.05) is 24.3 Å². The summed E-state index contributed by atoms with van der Waals surface area (Å²) in [7, 11) is 0. The molecule has 3 heteroatoms. The summed E-state index contributed by atoms with van der Waals surface area (Å²) in [6, 6.07) is 8.30. The fraction of sp³-hybridized carbons (Fsp3) is 0.571. The van der Waals surface area contributed by atoms with Gasteiger partial charge < -0.3 is 15.2 Å². The second-order valence-electron chi connectivity index (χ2n) is 4.90. The minimum Gasteiger partial charge on any atom is -0.386 e. The van der Waals surface area contributed by atoms with Gasteiger partial charge in [-0.3, -0.25) is 0 Å². The van der Waals surface area contributed by atoms with Gasteiger partial charge in [0.25, 0.3) is 0 Å². The van der Waals surface area contributed by atoms with Crippen molar-refractivity contribution in [2.45, 2.75) is 38.5 Å². The van der Waals surface area contributed by atoms with Crippen molar-refractivity contribution in [3.8, 4) is 0 Å². The monoisotopic (exact) mass is 235 g/mol. The number of hydrogen-bond donors (Lipinski definition) is 2. The molecule has 1 aromatic rings. The standard InChI is InChI=1S/C14H21NO2/c1-11-5-3-4-6-13(11)9-15-10-14(16)7-8-17-12(14)2/h3-6,12,15-16H,7-10H2,1-2H3. The molecule has 0 aliphatic carbocycles. The van der Waals surface area contributed by atoms with Gasteiger partial charge in [0.1, 0.15) is 5.60 Å². The minimum atomic E-state index is -0.706. The number of ether oxygens (including phenoxy) is 1. The van der Waals surface area contributed by atoms with Crippen LogP contribution >= 0.6 is 0 Å². The van der Waals surface area contributed by atoms with E-state index < -0.39 is 5.60 Å². The van der Waals surface area contributed by atoms with Crippen LogP contribution in [0.3, 0.4) is 0 Å². The van der Waals surface area contributed by atoms with Gasteiger partial charge in [0.05, 0.1) is 6.10 Å². The molecular weight excluding hydrogens is 214 g/mol. The van der Waals surface area contributed by atoms with Gasteiger partial charge >= 0.3 is 0 Å². The first-order valence-corrected chi connectivity index (χ1v) is 6.21. The second kappa shape index (κ2) is 5.17. The molecule has 1 heterocycles. The van der Waals surface area contributed by atoms with Crippen molar-refractivity contribution >= 4 is 0 Å². The van der Waals surface area contributed by atoms with Crippen molar-refractivity contribution in [2.24, 2.45) is 0 Å². The van der Waals surface area contributed by atoms with E-state index in [0.717, 1.165) is 13.0 Å². The molecule has 0 spiro atoms. The predicted octanol–water partition coefficient (Wildman–Crippen LogP) is 1.62. The summed E-state index contributed by atoms with van der Waals surface area (Å²) in [5.74, 6) is 0. The molecule has 1 aromatic carbocycles. The Balaban J connectivity index is 1.86. The molecule has 94 valence electrons. The molecular formula is C14H21NO2. The molecule has 0 amide bonds. The van der Waals surface area contributed by atoms with Crippen LogP contribution in [0.15, 0.2) is 24.3 Å². The van der Waals surface area contributed by atoms with Crippen LogP contribution in [-0.2, 0) is 11.3 Å². The zero-order valence-electron chi connectivity index (χ0n) is 10.6. The Kier molecular flexibility index (Phi) is 3.82. The Morgan fingerprint density at radius 2 is 2.24 bits per heavy atom. The smallest absolute Gasteiger partial charge is 0.105 e. The molecule has 1 saturated heterocycles. The maximum Gasteiger partial charge on any atom is 0.105 e. The molecule has 2 atom stereocenters. The molecule has 0 bridgehead atoms. The Morgan fingerprint density at radius 3 is 2.88 bits per heavy atom. The fourth-order valence-electron chi connectivity index (χ4n) is 2.22. The number of aliphatic hydroxyl groups is 1. The van der Waals surface area contributed by atoms with Crippen molar-refractivity contribution in [1.82, 2.24) is 5.32 Å². The molecule has 17 heavy (non-hydrogen) atoms. The molecule has 2 unspecified atom stereocenters. The topological polar surface area (TPSA) is 41.5 Å². The summed E-state index contributed by atoms with van der Waals surface area (Å²) in [5.41, 5.74) is 1.85. The van der Waals surface area contributed by atoms with Crippen molar-refractivity contribution in [2.75, 3.05) is 13.2 Å². The molecule has 1 fully saturated rings. The van der Waals surface area contributed by atoms with E-state index in [4.69, 9.17) is 4.74 Å². The van der Waals surface area contributed by atoms with Crippen molar-refractivity contribution in [3.05, 3.63) is 35.4 Å². The summed E-state index contributed by atoms with van der Waals surface area (Å²) in [6.45, 7) is 6.07. The van der Waals surface area contributed by atoms with E-state index in [2.05, 4.69) is 24.4 Å². The molecule has 2 N–H and O–H groups in total. The summed E-state index contributed by atoms with van der Waals surface area (Å²) in [5, 5.41) is 13.6. The van der Waals surface area contributed by atoms with E-state index in [1.807, 2.05) is 19.1 Å². The van der Waals surface area contributed by atoms with E-state index >= 15 is 0 Å². The van der Waals surface area contributed by atoms with Gasteiger partial charge in [0.15, 0.2) is 0 Å². The largest absolute Gasteiger partial charge is 0.386 e. The highest BCUT2D eigenvalue weighted by Gasteiger charge is 2.38. The van der Waals surface area contributed by atoms with Crippen LogP contribution in [0, 0.1) is 6.92 Å². The molecule has 0 radical (unpaired) electrons. The van der Waals surface area contributed by atoms with E-state index in [1.165, 1.54) is 11.1 Å². The van der Waals surface area contributed by atoms with Gasteiger partial charge in [0.2, 0.25) is 0 Å². The number of benzene rings is 1. The lowest BCUT2D eigenvalue weighted by Crippen LogP contribution is -2.45. The zero-order chi connectivity index (χ0) is 12.3. The quantitative estimate of drug-likeness (QED) is 0.833. The lowest BCUT2D eigenvalue weighted by atomic mass is 9.96. The SMILES string of the molecule is Cc1ccccc1CNCC1(O)CCOC1C. The van der Waals surface area contributed by atoms with Gasteiger partial charge in [-0.15, -0.1) is 0 Å². The van der Waals surface area contributed by atoms with Gasteiger partial charge in [0, 0.05) is 26.1 Å². The molecule has 1 aliphatic rings. The normalized spacial score (nSPS) is 28.5. The average Bonchev–Trinajstić information content (AvgIpc) is 2.62. The van der Waals surface area contributed by atoms with Crippen LogP contribution in [0.1, 0.15) is 24.5 Å². The molecule has 3 nitrogen and oxygen atoms in total. The van der Waals surface area contributed by atoms with Crippen LogP contribution in [0.4, 0.5) is 0 Å². The lowest BCUT2D eigenvalue weighted by molar-refractivity contribution is -0.0263. The fourth-order valence-corrected chi connectivity index (χ4v) is 2.22. The van der Waals surface area contributed by atoms with Crippen LogP contribution in [0.25, 0.3) is 0 Å². The van der Waals surface area contributed by atoms with Crippen molar-refractivity contribution in [3.63, 3.8) is 0 Å². The Labute approximate surface area is 103 Å². The molecule has 0 aromatic heterocycles. The van der Waals surface area contributed by atoms with Crippen molar-refractivity contribution < 1.29 is 9.84 Å². The summed E-state index contributed by atoms with van der Waals surface area (Å²) in [6.07, 6.45) is 0.640. The van der Waals surface area contributed by atoms with E-state index in [1.54, 1.807) is 0 Å². The van der Waals surface area contributed by atoms with Crippen LogP contribution in [0.5, 0.6) is 0 Å². The van der Waals surface area contributed by atoms with Crippen LogP contribution < -0.4 is 5.32 Å². The van der Waals surface area contributed by atoms with Gasteiger partial charge in [-0.2, -0.15) is 0 Å². The zero-order valence-corrected chi connectivity index (χ0v) is 10.6. The number of hydrogen-bond acceptors (Lipinski definition) is 3. The number of rotatable bonds is 4. The van der Waals surface area contributed by atoms with Gasteiger partial charge in [-0.25, -0.2) is 0 Å². The first kappa shape index (κ1) is 12.6. The number of nitrogens with one attached hydrogen (secondary N) is 1. The van der Waals surface area contributed by atoms with Crippen LogP contribution in [-0.4, -0.2) is 30.0 Å². The average molecular weight is 235 g/mol. The van der Waals surface area contributed by atoms with Crippen LogP contribution in [0.2, 0.25) is 0 Å². The predicted molar refractivity (Wildman–Crippen MR) is 67.9 cm³/mol. The van der Waals surface area contributed by atoms with Gasteiger partial charge in [-0.05, 0) is 25.0 Å².